The third kappa shape index (κ3) is 5.26. The van der Waals surface area contributed by atoms with Crippen molar-refractivity contribution in [2.75, 3.05) is 13.1 Å². The molecule has 0 saturated heterocycles. The van der Waals surface area contributed by atoms with Crippen molar-refractivity contribution in [1.82, 2.24) is 9.79 Å². The number of hydrogen-bond donors (Lipinski definition) is 1. The minimum absolute atomic E-state index is 0.158. The molecule has 166 valence electrons. The van der Waals surface area contributed by atoms with Crippen molar-refractivity contribution in [3.63, 3.8) is 0 Å². The smallest absolute Gasteiger partial charge is 0.265 e. The molecule has 1 N–H and O–H groups in total. The van der Waals surface area contributed by atoms with Crippen LogP contribution in [0, 0.1) is 6.92 Å². The number of carbonyl (C=O) groups excluding carboxylic acids is 1. The van der Waals surface area contributed by atoms with E-state index in [0.717, 1.165) is 26.7 Å². The Morgan fingerprint density at radius 2 is 1.90 bits per heavy atom. The minimum Gasteiger partial charge on any atom is -0.271 e. The van der Waals surface area contributed by atoms with Crippen molar-refractivity contribution < 1.29 is 18.0 Å². The second-order valence-corrected chi connectivity index (χ2v) is 11.4. The lowest BCUT2D eigenvalue weighted by molar-refractivity contribution is -0.136. The van der Waals surface area contributed by atoms with E-state index in [9.17, 15) is 13.2 Å². The summed E-state index contributed by atoms with van der Waals surface area (Å²) in [6.07, 6.45) is 2.51. The molecule has 0 radical (unpaired) electrons. The summed E-state index contributed by atoms with van der Waals surface area (Å²) < 4.78 is 27.1. The van der Waals surface area contributed by atoms with E-state index in [4.69, 9.17) is 4.84 Å². The van der Waals surface area contributed by atoms with Crippen LogP contribution in [-0.2, 0) is 26.3 Å². The molecule has 2 aromatic carbocycles. The Morgan fingerprint density at radius 1 is 1.19 bits per heavy atom. The summed E-state index contributed by atoms with van der Waals surface area (Å²) in [5.74, 6) is -0.693. The molecule has 0 aliphatic carbocycles. The number of halogens is 1. The van der Waals surface area contributed by atoms with Gasteiger partial charge in [-0.05, 0) is 55.5 Å². The first-order valence-corrected chi connectivity index (χ1v) is 12.3. The second-order valence-electron chi connectivity index (χ2n) is 8.02. The van der Waals surface area contributed by atoms with E-state index in [0.29, 0.717) is 13.0 Å². The Kier molecular flexibility index (Phi) is 7.36. The SMILES string of the molecule is Cc1cc(C2=CCN(S(=O)(=O)C(C)(C)C(=O)NOCc3ccccc3)CC2)ccc1Br. The fourth-order valence-corrected chi connectivity index (χ4v) is 5.07. The molecule has 1 amide bonds. The van der Waals surface area contributed by atoms with Crippen LogP contribution in [0.3, 0.4) is 0 Å². The number of nitrogens with one attached hydrogen (secondary N) is 1. The van der Waals surface area contributed by atoms with Gasteiger partial charge in [0.25, 0.3) is 5.91 Å². The summed E-state index contributed by atoms with van der Waals surface area (Å²) >= 11 is 3.50. The van der Waals surface area contributed by atoms with Crippen LogP contribution in [0.1, 0.15) is 37.0 Å². The number of amides is 1. The van der Waals surface area contributed by atoms with Gasteiger partial charge in [0, 0.05) is 17.6 Å². The van der Waals surface area contributed by atoms with E-state index in [1.165, 1.54) is 18.2 Å². The Labute approximate surface area is 192 Å². The molecule has 2 aromatic rings. The third-order valence-electron chi connectivity index (χ3n) is 5.48. The summed E-state index contributed by atoms with van der Waals surface area (Å²) in [6, 6.07) is 15.4. The molecule has 8 heteroatoms. The zero-order valence-electron chi connectivity index (χ0n) is 17.9. The van der Waals surface area contributed by atoms with Crippen LogP contribution in [-0.4, -0.2) is 36.5 Å². The number of hydroxylamine groups is 1. The van der Waals surface area contributed by atoms with E-state index in [1.807, 2.05) is 55.5 Å². The summed E-state index contributed by atoms with van der Waals surface area (Å²) in [6.45, 7) is 5.54. The van der Waals surface area contributed by atoms with Gasteiger partial charge in [-0.25, -0.2) is 13.9 Å². The van der Waals surface area contributed by atoms with Crippen LogP contribution < -0.4 is 5.48 Å². The number of aryl methyl sites for hydroxylation is 1. The number of carbonyl (C=O) groups is 1. The van der Waals surface area contributed by atoms with Crippen molar-refractivity contribution in [1.29, 1.82) is 0 Å². The van der Waals surface area contributed by atoms with Gasteiger partial charge in [-0.2, -0.15) is 4.31 Å². The molecule has 1 aliphatic heterocycles. The molecule has 0 unspecified atom stereocenters. The first-order chi connectivity index (χ1) is 14.6. The molecule has 1 heterocycles. The van der Waals surface area contributed by atoms with Crippen LogP contribution >= 0.6 is 15.9 Å². The first-order valence-electron chi connectivity index (χ1n) is 10.0. The van der Waals surface area contributed by atoms with Gasteiger partial charge < -0.3 is 0 Å². The highest BCUT2D eigenvalue weighted by atomic mass is 79.9. The maximum atomic E-state index is 13.2. The minimum atomic E-state index is -3.89. The lowest BCUT2D eigenvalue weighted by Crippen LogP contribution is -2.54. The molecular formula is C23H27BrN2O4S. The van der Waals surface area contributed by atoms with Crippen molar-refractivity contribution in [3.05, 3.63) is 75.8 Å². The molecule has 6 nitrogen and oxygen atoms in total. The number of nitrogens with zero attached hydrogens (tertiary/aromatic N) is 1. The largest absolute Gasteiger partial charge is 0.271 e. The zero-order chi connectivity index (χ0) is 22.6. The zero-order valence-corrected chi connectivity index (χ0v) is 20.3. The highest BCUT2D eigenvalue weighted by molar-refractivity contribution is 9.10. The molecule has 0 atom stereocenters. The van der Waals surface area contributed by atoms with Crippen LogP contribution in [0.4, 0.5) is 0 Å². The van der Waals surface area contributed by atoms with Crippen LogP contribution in [0.5, 0.6) is 0 Å². The Bertz CT molecular complexity index is 1080. The first kappa shape index (κ1) is 23.7. The van der Waals surface area contributed by atoms with Crippen LogP contribution in [0.2, 0.25) is 0 Å². The Hall–Kier alpha value is -2.00. The predicted molar refractivity (Wildman–Crippen MR) is 125 cm³/mol. The number of hydrogen-bond acceptors (Lipinski definition) is 4. The molecule has 0 aromatic heterocycles. The highest BCUT2D eigenvalue weighted by Crippen LogP contribution is 2.30. The standard InChI is InChI=1S/C23H27BrN2O4S/c1-17-15-20(9-10-21(17)24)19-11-13-26(14-12-19)31(28,29)23(2,3)22(27)25-30-16-18-7-5-4-6-8-18/h4-11,15H,12-14,16H2,1-3H3,(H,25,27). The van der Waals surface area contributed by atoms with E-state index in [1.54, 1.807) is 0 Å². The fourth-order valence-electron chi connectivity index (χ4n) is 3.30. The van der Waals surface area contributed by atoms with E-state index in [-0.39, 0.29) is 13.2 Å². The molecule has 31 heavy (non-hydrogen) atoms. The lowest BCUT2D eigenvalue weighted by atomic mass is 9.99. The number of sulfonamides is 1. The summed E-state index contributed by atoms with van der Waals surface area (Å²) in [4.78, 5) is 17.9. The van der Waals surface area contributed by atoms with Gasteiger partial charge in [0.15, 0.2) is 4.75 Å². The monoisotopic (exact) mass is 506 g/mol. The average Bonchev–Trinajstić information content (AvgIpc) is 2.76. The quantitative estimate of drug-likeness (QED) is 0.570. The van der Waals surface area contributed by atoms with Gasteiger partial charge >= 0.3 is 0 Å². The second kappa shape index (κ2) is 9.65. The average molecular weight is 507 g/mol. The van der Waals surface area contributed by atoms with Gasteiger partial charge in [-0.3, -0.25) is 9.63 Å². The van der Waals surface area contributed by atoms with E-state index in [2.05, 4.69) is 27.5 Å². The summed E-state index contributed by atoms with van der Waals surface area (Å²) in [5, 5.41) is 0. The maximum Gasteiger partial charge on any atom is 0.265 e. The Morgan fingerprint density at radius 3 is 2.52 bits per heavy atom. The molecular weight excluding hydrogens is 480 g/mol. The molecule has 0 saturated carbocycles. The molecule has 1 aliphatic rings. The highest BCUT2D eigenvalue weighted by Gasteiger charge is 2.46. The molecule has 0 spiro atoms. The summed E-state index contributed by atoms with van der Waals surface area (Å²) in [7, 11) is -3.89. The predicted octanol–water partition coefficient (Wildman–Crippen LogP) is 4.20. The van der Waals surface area contributed by atoms with Gasteiger partial charge in [0.05, 0.1) is 6.61 Å². The van der Waals surface area contributed by atoms with Gasteiger partial charge in [-0.15, -0.1) is 0 Å². The van der Waals surface area contributed by atoms with Crippen molar-refractivity contribution in [2.45, 2.75) is 38.5 Å². The van der Waals surface area contributed by atoms with E-state index < -0.39 is 20.7 Å². The van der Waals surface area contributed by atoms with Gasteiger partial charge in [0.2, 0.25) is 10.0 Å². The van der Waals surface area contributed by atoms with Crippen molar-refractivity contribution in [2.24, 2.45) is 0 Å². The van der Waals surface area contributed by atoms with Gasteiger partial charge in [-0.1, -0.05) is 64.5 Å². The van der Waals surface area contributed by atoms with Crippen molar-refractivity contribution in [3.8, 4) is 0 Å². The topological polar surface area (TPSA) is 75.7 Å². The summed E-state index contributed by atoms with van der Waals surface area (Å²) in [5.41, 5.74) is 6.49. The third-order valence-corrected chi connectivity index (χ3v) is 8.86. The fraction of sp³-hybridized carbons (Fsp3) is 0.348. The molecule has 0 bridgehead atoms. The lowest BCUT2D eigenvalue weighted by Gasteiger charge is -2.33. The van der Waals surface area contributed by atoms with E-state index >= 15 is 0 Å². The molecule has 3 rings (SSSR count). The maximum absolute atomic E-state index is 13.2. The molecule has 0 fully saturated rings. The number of benzene rings is 2. The number of rotatable bonds is 7. The van der Waals surface area contributed by atoms with Gasteiger partial charge in [0.1, 0.15) is 0 Å². The normalized spacial score (nSPS) is 15.4. The van der Waals surface area contributed by atoms with Crippen LogP contribution in [0.25, 0.3) is 5.57 Å². The Balaban J connectivity index is 1.65. The van der Waals surface area contributed by atoms with Crippen LogP contribution in [0.15, 0.2) is 59.1 Å². The van der Waals surface area contributed by atoms with Crippen molar-refractivity contribution >= 4 is 37.4 Å².